The lowest BCUT2D eigenvalue weighted by molar-refractivity contribution is 0.0481. The average molecular weight is 358 g/mol. The lowest BCUT2D eigenvalue weighted by Gasteiger charge is -2.24. The molecule has 0 heterocycles. The van der Waals surface area contributed by atoms with Crippen LogP contribution >= 0.6 is 0 Å². The molecule has 1 aliphatic rings. The molecule has 0 unspecified atom stereocenters. The van der Waals surface area contributed by atoms with Crippen molar-refractivity contribution in [2.24, 2.45) is 10.9 Å². The van der Waals surface area contributed by atoms with Gasteiger partial charge in [0.1, 0.15) is 11.4 Å². The van der Waals surface area contributed by atoms with Crippen LogP contribution in [0.15, 0.2) is 34.5 Å². The van der Waals surface area contributed by atoms with E-state index in [1.54, 1.807) is 0 Å². The molecule has 0 aliphatic heterocycles. The van der Waals surface area contributed by atoms with Crippen LogP contribution in [0.2, 0.25) is 0 Å². The number of hydrogen-bond donors (Lipinski definition) is 0. The van der Waals surface area contributed by atoms with Gasteiger partial charge < -0.3 is 4.74 Å². The number of hydrogen-bond acceptors (Lipinski definition) is 2. The summed E-state index contributed by atoms with van der Waals surface area (Å²) in [6, 6.07) is 6.43. The molecule has 1 aliphatic carbocycles. The van der Waals surface area contributed by atoms with Crippen molar-refractivity contribution in [2.45, 2.75) is 86.2 Å². The topological polar surface area (TPSA) is 21.6 Å². The highest BCUT2D eigenvalue weighted by atomic mass is 16.5. The SMILES string of the molecule is CCCC(C)C.CN=Cc1c(C)cccc1CC(OC(C)(C)C)=C1CC1. The Bertz CT molecular complexity index is 612. The first-order valence-electron chi connectivity index (χ1n) is 10.1. The summed E-state index contributed by atoms with van der Waals surface area (Å²) in [6.45, 7) is 15.2. The van der Waals surface area contributed by atoms with E-state index in [1.807, 2.05) is 13.3 Å². The normalized spacial score (nSPS) is 13.7. The third-order valence-corrected chi connectivity index (χ3v) is 4.21. The molecule has 1 saturated carbocycles. The molecule has 1 fully saturated rings. The van der Waals surface area contributed by atoms with Crippen LogP contribution < -0.4 is 0 Å². The molecule has 2 nitrogen and oxygen atoms in total. The molecule has 0 spiro atoms. The van der Waals surface area contributed by atoms with Gasteiger partial charge in [-0.25, -0.2) is 0 Å². The largest absolute Gasteiger partial charge is 0.492 e. The predicted molar refractivity (Wildman–Crippen MR) is 115 cm³/mol. The fourth-order valence-corrected chi connectivity index (χ4v) is 2.90. The Morgan fingerprint density at radius 1 is 1.23 bits per heavy atom. The van der Waals surface area contributed by atoms with E-state index in [-0.39, 0.29) is 5.60 Å². The first-order valence-corrected chi connectivity index (χ1v) is 10.1. The fraction of sp³-hybridized carbons (Fsp3) is 0.625. The van der Waals surface area contributed by atoms with E-state index in [2.05, 4.69) is 71.7 Å². The number of rotatable bonds is 6. The Balaban J connectivity index is 0.000000487. The molecule has 0 radical (unpaired) electrons. The number of aliphatic imine (C=N–C) groups is 1. The van der Waals surface area contributed by atoms with Gasteiger partial charge in [0.25, 0.3) is 0 Å². The number of nitrogens with zero attached hydrogens (tertiary/aromatic N) is 1. The van der Waals surface area contributed by atoms with E-state index in [0.29, 0.717) is 0 Å². The summed E-state index contributed by atoms with van der Waals surface area (Å²) in [5, 5.41) is 0. The average Bonchev–Trinajstić information content (AvgIpc) is 3.34. The van der Waals surface area contributed by atoms with Crippen molar-refractivity contribution in [3.63, 3.8) is 0 Å². The summed E-state index contributed by atoms with van der Waals surface area (Å²) < 4.78 is 6.17. The van der Waals surface area contributed by atoms with Crippen LogP contribution in [0.1, 0.15) is 83.9 Å². The van der Waals surface area contributed by atoms with Crippen LogP contribution in [0.3, 0.4) is 0 Å². The van der Waals surface area contributed by atoms with Gasteiger partial charge in [0.05, 0.1) is 0 Å². The second-order valence-corrected chi connectivity index (χ2v) is 8.64. The Labute approximate surface area is 161 Å². The predicted octanol–water partition coefficient (Wildman–Crippen LogP) is 6.89. The van der Waals surface area contributed by atoms with Crippen molar-refractivity contribution < 1.29 is 4.74 Å². The zero-order chi connectivity index (χ0) is 19.7. The summed E-state index contributed by atoms with van der Waals surface area (Å²) in [5.74, 6) is 2.06. The number of allylic oxidation sites excluding steroid dienone is 2. The van der Waals surface area contributed by atoms with E-state index in [9.17, 15) is 0 Å². The molecule has 2 rings (SSSR count). The van der Waals surface area contributed by atoms with Gasteiger partial charge in [-0.1, -0.05) is 51.8 Å². The van der Waals surface area contributed by atoms with Crippen molar-refractivity contribution in [1.82, 2.24) is 0 Å². The molecule has 0 aromatic heterocycles. The molecule has 2 heteroatoms. The van der Waals surface area contributed by atoms with Gasteiger partial charge in [-0.3, -0.25) is 4.99 Å². The maximum absolute atomic E-state index is 6.17. The van der Waals surface area contributed by atoms with Crippen LogP contribution in [-0.4, -0.2) is 18.9 Å². The second kappa shape index (κ2) is 10.5. The van der Waals surface area contributed by atoms with Gasteiger partial charge >= 0.3 is 0 Å². The molecule has 26 heavy (non-hydrogen) atoms. The summed E-state index contributed by atoms with van der Waals surface area (Å²) >= 11 is 0. The molecule has 146 valence electrons. The third-order valence-electron chi connectivity index (χ3n) is 4.21. The maximum Gasteiger partial charge on any atom is 0.100 e. The number of benzene rings is 1. The zero-order valence-electron chi connectivity index (χ0n) is 18.3. The van der Waals surface area contributed by atoms with Gasteiger partial charge in [-0.2, -0.15) is 0 Å². The molecule has 0 bridgehead atoms. The second-order valence-electron chi connectivity index (χ2n) is 8.64. The minimum atomic E-state index is -0.131. The Morgan fingerprint density at radius 2 is 1.88 bits per heavy atom. The molecule has 0 saturated heterocycles. The van der Waals surface area contributed by atoms with E-state index < -0.39 is 0 Å². The lowest BCUT2D eigenvalue weighted by atomic mass is 9.99. The van der Waals surface area contributed by atoms with Gasteiger partial charge in [0.2, 0.25) is 0 Å². The molecule has 0 atom stereocenters. The van der Waals surface area contributed by atoms with Crippen LogP contribution in [0.25, 0.3) is 0 Å². The highest BCUT2D eigenvalue weighted by Crippen LogP contribution is 2.36. The van der Waals surface area contributed by atoms with Crippen molar-refractivity contribution in [3.8, 4) is 0 Å². The lowest BCUT2D eigenvalue weighted by Crippen LogP contribution is -2.20. The summed E-state index contributed by atoms with van der Waals surface area (Å²) in [4.78, 5) is 4.19. The van der Waals surface area contributed by atoms with Gasteiger partial charge in [-0.05, 0) is 68.7 Å². The first-order chi connectivity index (χ1) is 12.2. The summed E-state index contributed by atoms with van der Waals surface area (Å²) in [6.07, 6.45) is 7.91. The van der Waals surface area contributed by atoms with Crippen LogP contribution in [0.4, 0.5) is 0 Å². The Hall–Kier alpha value is -1.57. The zero-order valence-corrected chi connectivity index (χ0v) is 18.3. The van der Waals surface area contributed by atoms with Gasteiger partial charge in [0, 0.05) is 19.7 Å². The quantitative estimate of drug-likeness (QED) is 0.401. The van der Waals surface area contributed by atoms with Crippen LogP contribution in [-0.2, 0) is 11.2 Å². The molecular weight excluding hydrogens is 318 g/mol. The summed E-state index contributed by atoms with van der Waals surface area (Å²) in [7, 11) is 1.82. The highest BCUT2D eigenvalue weighted by molar-refractivity contribution is 5.83. The first kappa shape index (κ1) is 22.5. The minimum Gasteiger partial charge on any atom is -0.492 e. The third kappa shape index (κ3) is 8.69. The maximum atomic E-state index is 6.17. The van der Waals surface area contributed by atoms with Crippen molar-refractivity contribution in [1.29, 1.82) is 0 Å². The van der Waals surface area contributed by atoms with Crippen LogP contribution in [0.5, 0.6) is 0 Å². The smallest absolute Gasteiger partial charge is 0.100 e. The minimum absolute atomic E-state index is 0.131. The highest BCUT2D eigenvalue weighted by Gasteiger charge is 2.24. The standard InChI is InChI=1S/C18H25NO.C6H14/c1-13-7-6-8-15(16(13)12-19-5)11-17(14-9-10-14)20-18(2,3)4;1-4-5-6(2)3/h6-8,12H,9-11H2,1-5H3;6H,4-5H2,1-3H3. The van der Waals surface area contributed by atoms with Crippen molar-refractivity contribution in [3.05, 3.63) is 46.2 Å². The molecule has 0 amide bonds. The Kier molecular flexibility index (Phi) is 9.12. The molecular formula is C24H39NO. The molecule has 0 N–H and O–H groups in total. The van der Waals surface area contributed by atoms with Crippen LogP contribution in [0, 0.1) is 12.8 Å². The van der Waals surface area contributed by atoms with Crippen molar-refractivity contribution >= 4 is 6.21 Å². The summed E-state index contributed by atoms with van der Waals surface area (Å²) in [5.41, 5.74) is 5.14. The van der Waals surface area contributed by atoms with E-state index in [4.69, 9.17) is 4.74 Å². The number of aryl methyl sites for hydroxylation is 1. The molecule has 1 aromatic rings. The van der Waals surface area contributed by atoms with Crippen molar-refractivity contribution in [2.75, 3.05) is 7.05 Å². The monoisotopic (exact) mass is 357 g/mol. The van der Waals surface area contributed by atoms with E-state index in [0.717, 1.165) is 18.1 Å². The fourth-order valence-electron chi connectivity index (χ4n) is 2.90. The van der Waals surface area contributed by atoms with Gasteiger partial charge in [0.15, 0.2) is 0 Å². The Morgan fingerprint density at radius 3 is 2.31 bits per heavy atom. The molecule has 1 aromatic carbocycles. The van der Waals surface area contributed by atoms with Gasteiger partial charge in [-0.15, -0.1) is 0 Å². The number of ether oxygens (including phenoxy) is 1. The van der Waals surface area contributed by atoms with E-state index in [1.165, 1.54) is 47.9 Å². The van der Waals surface area contributed by atoms with E-state index >= 15 is 0 Å².